The standard InChI is InChI=1S/C21H25N3O6S/c25-24(26)19-15-17(31(27,28)23-10-2-1-3-11-23)5-6-18(19)22-9-8-16-4-7-20-21(14-16)30-13-12-29-20/h4-7,14-15,22H,1-3,8-13H2. The fourth-order valence-electron chi connectivity index (χ4n) is 3.81. The van der Waals surface area contributed by atoms with E-state index in [1.807, 2.05) is 18.2 Å². The van der Waals surface area contributed by atoms with Gasteiger partial charge in [0, 0.05) is 25.7 Å². The third-order valence-electron chi connectivity index (χ3n) is 5.45. The van der Waals surface area contributed by atoms with Crippen LogP contribution < -0.4 is 14.8 Å². The zero-order valence-electron chi connectivity index (χ0n) is 17.1. The topological polar surface area (TPSA) is 111 Å². The third-order valence-corrected chi connectivity index (χ3v) is 7.35. The molecule has 0 bridgehead atoms. The van der Waals surface area contributed by atoms with Crippen LogP contribution in [0.3, 0.4) is 0 Å². The molecular formula is C21H25N3O6S. The lowest BCUT2D eigenvalue weighted by atomic mass is 10.1. The van der Waals surface area contributed by atoms with Gasteiger partial charge in [0.05, 0.1) is 9.82 Å². The molecule has 0 spiro atoms. The summed E-state index contributed by atoms with van der Waals surface area (Å²) < 4.78 is 38.2. The van der Waals surface area contributed by atoms with Crippen molar-refractivity contribution in [2.75, 3.05) is 38.2 Å². The summed E-state index contributed by atoms with van der Waals surface area (Å²) in [7, 11) is -3.73. The highest BCUT2D eigenvalue weighted by atomic mass is 32.2. The van der Waals surface area contributed by atoms with Crippen LogP contribution in [0.2, 0.25) is 0 Å². The van der Waals surface area contributed by atoms with Crippen LogP contribution in [0.1, 0.15) is 24.8 Å². The first-order chi connectivity index (χ1) is 14.9. The van der Waals surface area contributed by atoms with E-state index in [-0.39, 0.29) is 10.6 Å². The van der Waals surface area contributed by atoms with Crippen LogP contribution in [0, 0.1) is 10.1 Å². The van der Waals surface area contributed by atoms with Crippen molar-refractivity contribution in [3.05, 3.63) is 52.1 Å². The van der Waals surface area contributed by atoms with Crippen LogP contribution in [0.4, 0.5) is 11.4 Å². The number of hydrogen-bond acceptors (Lipinski definition) is 7. The van der Waals surface area contributed by atoms with Crippen molar-refractivity contribution in [2.45, 2.75) is 30.6 Å². The molecular weight excluding hydrogens is 422 g/mol. The van der Waals surface area contributed by atoms with Gasteiger partial charge in [0.2, 0.25) is 10.0 Å². The molecule has 9 nitrogen and oxygen atoms in total. The number of nitro groups is 1. The maximum Gasteiger partial charge on any atom is 0.293 e. The van der Waals surface area contributed by atoms with Gasteiger partial charge >= 0.3 is 0 Å². The minimum Gasteiger partial charge on any atom is -0.486 e. The van der Waals surface area contributed by atoms with E-state index < -0.39 is 14.9 Å². The molecule has 0 aromatic heterocycles. The normalized spacial score (nSPS) is 16.6. The summed E-state index contributed by atoms with van der Waals surface area (Å²) in [6.07, 6.45) is 3.22. The molecule has 2 heterocycles. The first kappa shape index (κ1) is 21.4. The summed E-state index contributed by atoms with van der Waals surface area (Å²) in [6.45, 7) is 2.38. The second-order valence-corrected chi connectivity index (χ2v) is 9.49. The second-order valence-electron chi connectivity index (χ2n) is 7.56. The Morgan fingerprint density at radius 2 is 1.74 bits per heavy atom. The number of benzene rings is 2. The van der Waals surface area contributed by atoms with E-state index in [0.29, 0.717) is 56.5 Å². The zero-order valence-corrected chi connectivity index (χ0v) is 17.9. The van der Waals surface area contributed by atoms with Gasteiger partial charge in [-0.3, -0.25) is 10.1 Å². The monoisotopic (exact) mass is 447 g/mol. The van der Waals surface area contributed by atoms with Crippen LogP contribution in [0.15, 0.2) is 41.3 Å². The van der Waals surface area contributed by atoms with Gasteiger partial charge in [-0.15, -0.1) is 0 Å². The predicted octanol–water partition coefficient (Wildman–Crippen LogP) is 3.20. The Bertz CT molecular complexity index is 1070. The van der Waals surface area contributed by atoms with Crippen molar-refractivity contribution in [1.29, 1.82) is 0 Å². The minimum absolute atomic E-state index is 0.0431. The van der Waals surface area contributed by atoms with Gasteiger partial charge in [0.25, 0.3) is 5.69 Å². The summed E-state index contributed by atoms with van der Waals surface area (Å²) in [5.41, 5.74) is 1.05. The van der Waals surface area contributed by atoms with Gasteiger partial charge < -0.3 is 14.8 Å². The SMILES string of the molecule is O=[N+]([O-])c1cc(S(=O)(=O)N2CCCCC2)ccc1NCCc1ccc2c(c1)OCCO2. The van der Waals surface area contributed by atoms with Crippen molar-refractivity contribution >= 4 is 21.4 Å². The highest BCUT2D eigenvalue weighted by Crippen LogP contribution is 2.32. The molecule has 1 fully saturated rings. The Morgan fingerprint density at radius 1 is 1.00 bits per heavy atom. The molecule has 1 N–H and O–H groups in total. The molecule has 0 amide bonds. The van der Waals surface area contributed by atoms with E-state index >= 15 is 0 Å². The Balaban J connectivity index is 1.46. The van der Waals surface area contributed by atoms with Crippen molar-refractivity contribution in [3.8, 4) is 11.5 Å². The summed E-state index contributed by atoms with van der Waals surface area (Å²) in [5.74, 6) is 1.41. The van der Waals surface area contributed by atoms with E-state index in [9.17, 15) is 18.5 Å². The Kier molecular flexibility index (Phi) is 6.28. The molecule has 0 aliphatic carbocycles. The molecule has 4 rings (SSSR count). The molecule has 10 heteroatoms. The molecule has 2 aromatic rings. The van der Waals surface area contributed by atoms with Crippen LogP contribution in [0.25, 0.3) is 0 Å². The van der Waals surface area contributed by atoms with Gasteiger partial charge in [-0.2, -0.15) is 4.31 Å². The first-order valence-electron chi connectivity index (χ1n) is 10.4. The van der Waals surface area contributed by atoms with Gasteiger partial charge in [-0.25, -0.2) is 8.42 Å². The van der Waals surface area contributed by atoms with Gasteiger partial charge in [-0.05, 0) is 49.1 Å². The molecule has 2 aliphatic rings. The molecule has 2 aliphatic heterocycles. The number of nitro benzene ring substituents is 1. The van der Waals surface area contributed by atoms with Crippen LogP contribution >= 0.6 is 0 Å². The Labute approximate surface area is 181 Å². The van der Waals surface area contributed by atoms with E-state index in [1.54, 1.807) is 0 Å². The number of ether oxygens (including phenoxy) is 2. The van der Waals surface area contributed by atoms with Crippen molar-refractivity contribution in [1.82, 2.24) is 4.31 Å². The number of hydrogen-bond donors (Lipinski definition) is 1. The number of nitrogens with one attached hydrogen (secondary N) is 1. The summed E-state index contributed by atoms with van der Waals surface area (Å²) in [4.78, 5) is 11.0. The molecule has 1 saturated heterocycles. The molecule has 0 radical (unpaired) electrons. The van der Waals surface area contributed by atoms with Crippen LogP contribution in [-0.4, -0.2) is 50.5 Å². The van der Waals surface area contributed by atoms with Gasteiger partial charge in [-0.1, -0.05) is 12.5 Å². The zero-order chi connectivity index (χ0) is 21.8. The number of piperidine rings is 1. The molecule has 0 atom stereocenters. The Hall–Kier alpha value is -2.85. The van der Waals surface area contributed by atoms with Crippen LogP contribution in [0.5, 0.6) is 11.5 Å². The van der Waals surface area contributed by atoms with E-state index in [0.717, 1.165) is 30.9 Å². The molecule has 0 unspecified atom stereocenters. The Morgan fingerprint density at radius 3 is 2.48 bits per heavy atom. The molecule has 31 heavy (non-hydrogen) atoms. The van der Waals surface area contributed by atoms with Gasteiger partial charge in [0.1, 0.15) is 18.9 Å². The molecule has 2 aromatic carbocycles. The fourth-order valence-corrected chi connectivity index (χ4v) is 5.35. The van der Waals surface area contributed by atoms with E-state index in [2.05, 4.69) is 5.32 Å². The number of nitrogens with zero attached hydrogens (tertiary/aromatic N) is 2. The third kappa shape index (κ3) is 4.75. The number of fused-ring (bicyclic) bond motifs is 1. The largest absolute Gasteiger partial charge is 0.486 e. The average molecular weight is 448 g/mol. The second kappa shape index (κ2) is 9.11. The van der Waals surface area contributed by atoms with Crippen LogP contribution in [-0.2, 0) is 16.4 Å². The number of anilines is 1. The minimum atomic E-state index is -3.73. The number of rotatable bonds is 7. The fraction of sp³-hybridized carbons (Fsp3) is 0.429. The van der Waals surface area contributed by atoms with Crippen molar-refractivity contribution in [2.24, 2.45) is 0 Å². The maximum atomic E-state index is 12.9. The van der Waals surface area contributed by atoms with Gasteiger partial charge in [0.15, 0.2) is 11.5 Å². The summed E-state index contributed by atoms with van der Waals surface area (Å²) >= 11 is 0. The van der Waals surface area contributed by atoms with Crippen molar-refractivity contribution < 1.29 is 22.8 Å². The number of sulfonamides is 1. The predicted molar refractivity (Wildman–Crippen MR) is 115 cm³/mol. The maximum absolute atomic E-state index is 12.9. The average Bonchev–Trinajstić information content (AvgIpc) is 2.79. The highest BCUT2D eigenvalue weighted by Gasteiger charge is 2.28. The summed E-state index contributed by atoms with van der Waals surface area (Å²) in [5, 5.41) is 14.7. The summed E-state index contributed by atoms with van der Waals surface area (Å²) in [6, 6.07) is 9.74. The lowest BCUT2D eigenvalue weighted by Crippen LogP contribution is -2.35. The van der Waals surface area contributed by atoms with Crippen molar-refractivity contribution in [3.63, 3.8) is 0 Å². The first-order valence-corrected chi connectivity index (χ1v) is 11.8. The lowest BCUT2D eigenvalue weighted by Gasteiger charge is -2.25. The van der Waals surface area contributed by atoms with E-state index in [4.69, 9.17) is 9.47 Å². The van der Waals surface area contributed by atoms with E-state index in [1.165, 1.54) is 16.4 Å². The highest BCUT2D eigenvalue weighted by molar-refractivity contribution is 7.89. The lowest BCUT2D eigenvalue weighted by molar-refractivity contribution is -0.384. The smallest absolute Gasteiger partial charge is 0.293 e. The molecule has 166 valence electrons. The molecule has 0 saturated carbocycles. The quantitative estimate of drug-likeness (QED) is 0.512.